The van der Waals surface area contributed by atoms with Gasteiger partial charge in [0.25, 0.3) is 5.91 Å². The quantitative estimate of drug-likeness (QED) is 0.809. The smallest absolute Gasteiger partial charge is 0.253 e. The van der Waals surface area contributed by atoms with Gasteiger partial charge in [0.05, 0.1) is 5.56 Å². The molecule has 3 N–H and O–H groups in total. The van der Waals surface area contributed by atoms with E-state index in [0.717, 1.165) is 6.42 Å². The van der Waals surface area contributed by atoms with Crippen molar-refractivity contribution in [2.24, 2.45) is 11.8 Å². The maximum absolute atomic E-state index is 12.2. The van der Waals surface area contributed by atoms with Gasteiger partial charge in [-0.05, 0) is 42.9 Å². The highest BCUT2D eigenvalue weighted by molar-refractivity contribution is 6.31. The van der Waals surface area contributed by atoms with Crippen LogP contribution in [0, 0.1) is 11.8 Å². The first kappa shape index (κ1) is 13.2. The van der Waals surface area contributed by atoms with Crippen molar-refractivity contribution in [2.45, 2.75) is 32.7 Å². The highest BCUT2D eigenvalue weighted by atomic mass is 35.5. The molecule has 0 aromatic heterocycles. The minimum absolute atomic E-state index is 0.102. The van der Waals surface area contributed by atoms with Crippen LogP contribution in [0.3, 0.4) is 0 Å². The molecular formula is C14H19ClN2O. The normalized spacial score (nSPS) is 27.2. The first-order chi connectivity index (χ1) is 8.49. The van der Waals surface area contributed by atoms with Crippen LogP contribution in [0.15, 0.2) is 18.2 Å². The van der Waals surface area contributed by atoms with Crippen LogP contribution in [0.1, 0.15) is 37.0 Å². The van der Waals surface area contributed by atoms with Crippen molar-refractivity contribution in [1.29, 1.82) is 0 Å². The molecule has 0 saturated heterocycles. The van der Waals surface area contributed by atoms with E-state index in [9.17, 15) is 4.79 Å². The summed E-state index contributed by atoms with van der Waals surface area (Å²) >= 11 is 5.82. The zero-order valence-corrected chi connectivity index (χ0v) is 11.5. The SMILES string of the molecule is CC1CCC(NC(=O)c2ccc(Cl)cc2N)C1C. The van der Waals surface area contributed by atoms with Gasteiger partial charge in [0, 0.05) is 16.8 Å². The first-order valence-electron chi connectivity index (χ1n) is 6.35. The van der Waals surface area contributed by atoms with Gasteiger partial charge in [0.2, 0.25) is 0 Å². The Bertz CT molecular complexity index is 461. The summed E-state index contributed by atoms with van der Waals surface area (Å²) in [6.45, 7) is 4.42. The fraction of sp³-hybridized carbons (Fsp3) is 0.500. The highest BCUT2D eigenvalue weighted by Gasteiger charge is 2.31. The summed E-state index contributed by atoms with van der Waals surface area (Å²) in [5.41, 5.74) is 6.75. The lowest BCUT2D eigenvalue weighted by Gasteiger charge is -2.20. The molecule has 1 fully saturated rings. The molecule has 98 valence electrons. The van der Waals surface area contributed by atoms with Crippen LogP contribution < -0.4 is 11.1 Å². The molecule has 1 aromatic rings. The topological polar surface area (TPSA) is 55.1 Å². The molecule has 1 saturated carbocycles. The molecule has 0 radical (unpaired) electrons. The molecule has 1 aromatic carbocycles. The van der Waals surface area contributed by atoms with Crippen molar-refractivity contribution in [3.05, 3.63) is 28.8 Å². The van der Waals surface area contributed by atoms with Crippen molar-refractivity contribution in [1.82, 2.24) is 5.32 Å². The summed E-state index contributed by atoms with van der Waals surface area (Å²) in [4.78, 5) is 12.2. The Morgan fingerprint density at radius 3 is 2.67 bits per heavy atom. The second-order valence-electron chi connectivity index (χ2n) is 5.23. The van der Waals surface area contributed by atoms with Gasteiger partial charge in [0.1, 0.15) is 0 Å². The molecule has 2 rings (SSSR count). The van der Waals surface area contributed by atoms with E-state index in [2.05, 4.69) is 19.2 Å². The third-order valence-electron chi connectivity index (χ3n) is 4.04. The monoisotopic (exact) mass is 266 g/mol. The van der Waals surface area contributed by atoms with E-state index in [1.54, 1.807) is 18.2 Å². The first-order valence-corrected chi connectivity index (χ1v) is 6.72. The van der Waals surface area contributed by atoms with E-state index >= 15 is 0 Å². The van der Waals surface area contributed by atoms with E-state index in [1.165, 1.54) is 6.42 Å². The third-order valence-corrected chi connectivity index (χ3v) is 4.28. The molecule has 4 heteroatoms. The fourth-order valence-electron chi connectivity index (χ4n) is 2.55. The Morgan fingerprint density at radius 1 is 1.39 bits per heavy atom. The number of carbonyl (C=O) groups excluding carboxylic acids is 1. The van der Waals surface area contributed by atoms with Crippen molar-refractivity contribution in [2.75, 3.05) is 5.73 Å². The van der Waals surface area contributed by atoms with Gasteiger partial charge < -0.3 is 11.1 Å². The summed E-state index contributed by atoms with van der Waals surface area (Å²) < 4.78 is 0. The molecule has 1 aliphatic rings. The molecule has 3 unspecified atom stereocenters. The second kappa shape index (κ2) is 5.19. The minimum atomic E-state index is -0.102. The second-order valence-corrected chi connectivity index (χ2v) is 5.66. The van der Waals surface area contributed by atoms with Gasteiger partial charge in [-0.3, -0.25) is 4.79 Å². The predicted octanol–water partition coefficient (Wildman–Crippen LogP) is 3.09. The summed E-state index contributed by atoms with van der Waals surface area (Å²) in [6.07, 6.45) is 2.21. The number of amides is 1. The summed E-state index contributed by atoms with van der Waals surface area (Å²) in [5, 5.41) is 3.62. The van der Waals surface area contributed by atoms with E-state index in [0.29, 0.717) is 28.1 Å². The molecule has 0 heterocycles. The van der Waals surface area contributed by atoms with E-state index in [4.69, 9.17) is 17.3 Å². The standard InChI is InChI=1S/C14H19ClN2O/c1-8-3-6-13(9(8)2)17-14(18)11-5-4-10(15)7-12(11)16/h4-5,7-9,13H,3,6,16H2,1-2H3,(H,17,18). The Hall–Kier alpha value is -1.22. The van der Waals surface area contributed by atoms with E-state index in [-0.39, 0.29) is 11.9 Å². The Balaban J connectivity index is 2.08. The highest BCUT2D eigenvalue weighted by Crippen LogP contribution is 2.31. The number of nitrogens with one attached hydrogen (secondary N) is 1. The maximum atomic E-state index is 12.2. The van der Waals surface area contributed by atoms with E-state index in [1.807, 2.05) is 0 Å². The van der Waals surface area contributed by atoms with Crippen molar-refractivity contribution >= 4 is 23.2 Å². The van der Waals surface area contributed by atoms with Gasteiger partial charge in [-0.1, -0.05) is 25.4 Å². The molecule has 0 aliphatic heterocycles. The Labute approximate surface area is 113 Å². The number of nitrogen functional groups attached to an aromatic ring is 1. The predicted molar refractivity (Wildman–Crippen MR) is 74.7 cm³/mol. The zero-order chi connectivity index (χ0) is 13.3. The third kappa shape index (κ3) is 2.61. The lowest BCUT2D eigenvalue weighted by atomic mass is 9.97. The van der Waals surface area contributed by atoms with E-state index < -0.39 is 0 Å². The molecule has 1 amide bonds. The summed E-state index contributed by atoms with van der Waals surface area (Å²) in [6, 6.07) is 5.23. The van der Waals surface area contributed by atoms with Crippen LogP contribution in [-0.2, 0) is 0 Å². The number of nitrogens with two attached hydrogens (primary N) is 1. The minimum Gasteiger partial charge on any atom is -0.398 e. The largest absolute Gasteiger partial charge is 0.398 e. The Morgan fingerprint density at radius 2 is 2.11 bits per heavy atom. The van der Waals surface area contributed by atoms with Crippen molar-refractivity contribution in [3.63, 3.8) is 0 Å². The zero-order valence-electron chi connectivity index (χ0n) is 10.7. The van der Waals surface area contributed by atoms with Crippen molar-refractivity contribution in [3.8, 4) is 0 Å². The molecule has 3 atom stereocenters. The number of hydrogen-bond acceptors (Lipinski definition) is 2. The van der Waals surface area contributed by atoms with Gasteiger partial charge in [-0.2, -0.15) is 0 Å². The van der Waals surface area contributed by atoms with Crippen molar-refractivity contribution < 1.29 is 4.79 Å². The molecule has 1 aliphatic carbocycles. The summed E-state index contributed by atoms with van der Waals surface area (Å²) in [5.74, 6) is 1.08. The fourth-order valence-corrected chi connectivity index (χ4v) is 2.74. The molecule has 18 heavy (non-hydrogen) atoms. The van der Waals surface area contributed by atoms with Crippen LogP contribution in [-0.4, -0.2) is 11.9 Å². The van der Waals surface area contributed by atoms with Crippen LogP contribution in [0.2, 0.25) is 5.02 Å². The van der Waals surface area contributed by atoms with Gasteiger partial charge in [-0.25, -0.2) is 0 Å². The molecule has 3 nitrogen and oxygen atoms in total. The van der Waals surface area contributed by atoms with Gasteiger partial charge in [-0.15, -0.1) is 0 Å². The van der Waals surface area contributed by atoms with Crippen LogP contribution >= 0.6 is 11.6 Å². The maximum Gasteiger partial charge on any atom is 0.253 e. The van der Waals surface area contributed by atoms with Crippen LogP contribution in [0.4, 0.5) is 5.69 Å². The van der Waals surface area contributed by atoms with Crippen LogP contribution in [0.25, 0.3) is 0 Å². The lowest BCUT2D eigenvalue weighted by Crippen LogP contribution is -2.37. The molecule has 0 bridgehead atoms. The Kier molecular flexibility index (Phi) is 3.81. The summed E-state index contributed by atoms with van der Waals surface area (Å²) in [7, 11) is 0. The van der Waals surface area contributed by atoms with Gasteiger partial charge >= 0.3 is 0 Å². The number of hydrogen-bond donors (Lipinski definition) is 2. The number of benzene rings is 1. The number of rotatable bonds is 2. The number of carbonyl (C=O) groups is 1. The van der Waals surface area contributed by atoms with Crippen LogP contribution in [0.5, 0.6) is 0 Å². The number of anilines is 1. The number of halogens is 1. The van der Waals surface area contributed by atoms with Gasteiger partial charge in [0.15, 0.2) is 0 Å². The molecular weight excluding hydrogens is 248 g/mol. The average Bonchev–Trinajstić information content (AvgIpc) is 2.61. The molecule has 0 spiro atoms. The average molecular weight is 267 g/mol. The lowest BCUT2D eigenvalue weighted by molar-refractivity contribution is 0.0928.